The molecule has 2 rings (SSSR count). The minimum atomic E-state index is 0.244. The molecule has 1 aromatic rings. The van der Waals surface area contributed by atoms with Crippen LogP contribution < -0.4 is 10.1 Å². The molecule has 20 heavy (non-hydrogen) atoms. The van der Waals surface area contributed by atoms with Crippen molar-refractivity contribution in [2.75, 3.05) is 33.3 Å². The molecule has 110 valence electrons. The first-order valence-corrected chi connectivity index (χ1v) is 7.24. The first kappa shape index (κ1) is 14.9. The Balaban J connectivity index is 2.01. The monoisotopic (exact) mass is 276 g/mol. The van der Waals surface area contributed by atoms with Gasteiger partial charge in [0.25, 0.3) is 0 Å². The Morgan fingerprint density at radius 1 is 1.30 bits per heavy atom. The lowest BCUT2D eigenvalue weighted by atomic mass is 10.00. The van der Waals surface area contributed by atoms with Crippen molar-refractivity contribution in [3.05, 3.63) is 28.8 Å². The van der Waals surface area contributed by atoms with Crippen LogP contribution in [-0.4, -0.2) is 44.1 Å². The molecule has 0 aliphatic carbocycles. The summed E-state index contributed by atoms with van der Waals surface area (Å²) in [7, 11) is 1.69. The molecular weight excluding hydrogens is 252 g/mol. The molecule has 0 aromatic heterocycles. The maximum absolute atomic E-state index is 12.2. The van der Waals surface area contributed by atoms with Gasteiger partial charge in [-0.25, -0.2) is 0 Å². The van der Waals surface area contributed by atoms with Gasteiger partial charge in [-0.05, 0) is 43.0 Å². The molecular formula is C16H24N2O2. The van der Waals surface area contributed by atoms with Crippen LogP contribution >= 0.6 is 0 Å². The third kappa shape index (κ3) is 3.51. The fraction of sp³-hybridized carbons (Fsp3) is 0.562. The second-order valence-corrected chi connectivity index (χ2v) is 5.39. The van der Waals surface area contributed by atoms with Gasteiger partial charge in [-0.2, -0.15) is 0 Å². The van der Waals surface area contributed by atoms with Crippen LogP contribution in [0.5, 0.6) is 5.75 Å². The summed E-state index contributed by atoms with van der Waals surface area (Å²) in [6.45, 7) is 7.59. The zero-order valence-electron chi connectivity index (χ0n) is 12.7. The average molecular weight is 276 g/mol. The van der Waals surface area contributed by atoms with Crippen molar-refractivity contribution in [3.63, 3.8) is 0 Å². The van der Waals surface area contributed by atoms with Crippen LogP contribution in [0.25, 0.3) is 0 Å². The summed E-state index contributed by atoms with van der Waals surface area (Å²) < 4.78 is 5.45. The van der Waals surface area contributed by atoms with Gasteiger partial charge in [0.2, 0.25) is 5.91 Å². The van der Waals surface area contributed by atoms with E-state index in [0.29, 0.717) is 6.42 Å². The molecule has 0 atom stereocenters. The van der Waals surface area contributed by atoms with Gasteiger partial charge in [-0.15, -0.1) is 0 Å². The number of benzene rings is 1. The zero-order chi connectivity index (χ0) is 14.5. The van der Waals surface area contributed by atoms with Crippen molar-refractivity contribution in [2.24, 2.45) is 0 Å². The zero-order valence-corrected chi connectivity index (χ0v) is 12.7. The topological polar surface area (TPSA) is 41.6 Å². The second-order valence-electron chi connectivity index (χ2n) is 5.39. The number of carbonyl (C=O) groups is 1. The van der Waals surface area contributed by atoms with E-state index >= 15 is 0 Å². The molecule has 1 N–H and O–H groups in total. The third-order valence-electron chi connectivity index (χ3n) is 3.85. The Hall–Kier alpha value is -1.55. The Kier molecular flexibility index (Phi) is 5.01. The molecule has 0 bridgehead atoms. The van der Waals surface area contributed by atoms with Crippen molar-refractivity contribution >= 4 is 5.91 Å². The van der Waals surface area contributed by atoms with Crippen LogP contribution in [0.4, 0.5) is 0 Å². The SMILES string of the molecule is COc1cc(C)cc(C)c1CCC(=O)N1CCNCC1. The molecule has 1 amide bonds. The lowest BCUT2D eigenvalue weighted by molar-refractivity contribution is -0.131. The number of nitrogens with zero attached hydrogens (tertiary/aromatic N) is 1. The Bertz CT molecular complexity index is 480. The minimum Gasteiger partial charge on any atom is -0.496 e. The standard InChI is InChI=1S/C16H24N2O2/c1-12-10-13(2)14(15(11-12)20-3)4-5-16(19)18-8-6-17-7-9-18/h10-11,17H,4-9H2,1-3H3. The molecule has 1 aromatic carbocycles. The smallest absolute Gasteiger partial charge is 0.222 e. The van der Waals surface area contributed by atoms with Crippen LogP contribution in [-0.2, 0) is 11.2 Å². The van der Waals surface area contributed by atoms with Crippen LogP contribution in [0.2, 0.25) is 0 Å². The Morgan fingerprint density at radius 3 is 2.65 bits per heavy atom. The number of hydrogen-bond donors (Lipinski definition) is 1. The molecule has 1 aliphatic heterocycles. The van der Waals surface area contributed by atoms with E-state index in [9.17, 15) is 4.79 Å². The summed E-state index contributed by atoms with van der Waals surface area (Å²) in [4.78, 5) is 14.2. The van der Waals surface area contributed by atoms with E-state index in [4.69, 9.17) is 4.74 Å². The third-order valence-corrected chi connectivity index (χ3v) is 3.85. The fourth-order valence-corrected chi connectivity index (χ4v) is 2.77. The van der Waals surface area contributed by atoms with Gasteiger partial charge in [0.1, 0.15) is 5.75 Å². The van der Waals surface area contributed by atoms with Gasteiger partial charge in [0.15, 0.2) is 0 Å². The number of amides is 1. The van der Waals surface area contributed by atoms with Crippen LogP contribution in [0.3, 0.4) is 0 Å². The summed E-state index contributed by atoms with van der Waals surface area (Å²) in [6.07, 6.45) is 1.30. The molecule has 0 saturated carbocycles. The molecule has 1 fully saturated rings. The highest BCUT2D eigenvalue weighted by Gasteiger charge is 2.17. The predicted molar refractivity (Wildman–Crippen MR) is 80.2 cm³/mol. The summed E-state index contributed by atoms with van der Waals surface area (Å²) in [6, 6.07) is 4.19. The number of aryl methyl sites for hydroxylation is 2. The molecule has 0 unspecified atom stereocenters. The first-order valence-electron chi connectivity index (χ1n) is 7.24. The number of ether oxygens (including phenoxy) is 1. The van der Waals surface area contributed by atoms with Gasteiger partial charge in [-0.3, -0.25) is 4.79 Å². The number of hydrogen-bond acceptors (Lipinski definition) is 3. The van der Waals surface area contributed by atoms with Crippen LogP contribution in [0.15, 0.2) is 12.1 Å². The van der Waals surface area contributed by atoms with E-state index in [2.05, 4.69) is 25.2 Å². The lowest BCUT2D eigenvalue weighted by Crippen LogP contribution is -2.46. The largest absolute Gasteiger partial charge is 0.496 e. The molecule has 1 saturated heterocycles. The number of piperazine rings is 1. The average Bonchev–Trinajstić information content (AvgIpc) is 2.46. The number of nitrogens with one attached hydrogen (secondary N) is 1. The molecule has 0 radical (unpaired) electrons. The van der Waals surface area contributed by atoms with Crippen molar-refractivity contribution in [3.8, 4) is 5.75 Å². The second kappa shape index (κ2) is 6.75. The van der Waals surface area contributed by atoms with Crippen molar-refractivity contribution in [2.45, 2.75) is 26.7 Å². The summed E-state index contributed by atoms with van der Waals surface area (Å²) >= 11 is 0. The quantitative estimate of drug-likeness (QED) is 0.909. The van der Waals surface area contributed by atoms with Crippen LogP contribution in [0.1, 0.15) is 23.1 Å². The number of methoxy groups -OCH3 is 1. The maximum Gasteiger partial charge on any atom is 0.222 e. The Labute approximate surface area is 121 Å². The van der Waals surface area contributed by atoms with E-state index < -0.39 is 0 Å². The van der Waals surface area contributed by atoms with Gasteiger partial charge < -0.3 is 15.0 Å². The molecule has 4 heteroatoms. The predicted octanol–water partition coefficient (Wildman–Crippen LogP) is 1.68. The van der Waals surface area contributed by atoms with Gasteiger partial charge in [-0.1, -0.05) is 6.07 Å². The van der Waals surface area contributed by atoms with Gasteiger partial charge in [0.05, 0.1) is 7.11 Å². The summed E-state index contributed by atoms with van der Waals surface area (Å²) in [5.74, 6) is 1.14. The van der Waals surface area contributed by atoms with Crippen molar-refractivity contribution < 1.29 is 9.53 Å². The molecule has 1 heterocycles. The van der Waals surface area contributed by atoms with E-state index in [0.717, 1.165) is 43.9 Å². The molecule has 1 aliphatic rings. The number of rotatable bonds is 4. The normalized spacial score (nSPS) is 15.2. The van der Waals surface area contributed by atoms with Gasteiger partial charge >= 0.3 is 0 Å². The maximum atomic E-state index is 12.2. The van der Waals surface area contributed by atoms with Crippen molar-refractivity contribution in [1.29, 1.82) is 0 Å². The van der Waals surface area contributed by atoms with Crippen LogP contribution in [0, 0.1) is 13.8 Å². The van der Waals surface area contributed by atoms with E-state index in [-0.39, 0.29) is 5.91 Å². The number of carbonyl (C=O) groups excluding carboxylic acids is 1. The molecule has 0 spiro atoms. The lowest BCUT2D eigenvalue weighted by Gasteiger charge is -2.27. The highest BCUT2D eigenvalue weighted by Crippen LogP contribution is 2.25. The fourth-order valence-electron chi connectivity index (χ4n) is 2.77. The first-order chi connectivity index (χ1) is 9.61. The molecule has 4 nitrogen and oxygen atoms in total. The summed E-state index contributed by atoms with van der Waals surface area (Å²) in [5.41, 5.74) is 3.55. The minimum absolute atomic E-state index is 0.244. The van der Waals surface area contributed by atoms with Gasteiger partial charge in [0, 0.05) is 32.6 Å². The van der Waals surface area contributed by atoms with E-state index in [1.54, 1.807) is 7.11 Å². The Morgan fingerprint density at radius 2 is 2.00 bits per heavy atom. The highest BCUT2D eigenvalue weighted by atomic mass is 16.5. The highest BCUT2D eigenvalue weighted by molar-refractivity contribution is 5.76. The van der Waals surface area contributed by atoms with Crippen molar-refractivity contribution in [1.82, 2.24) is 10.2 Å². The van der Waals surface area contributed by atoms with E-state index in [1.807, 2.05) is 11.0 Å². The van der Waals surface area contributed by atoms with E-state index in [1.165, 1.54) is 11.1 Å². The summed E-state index contributed by atoms with van der Waals surface area (Å²) in [5, 5.41) is 3.26.